The molecule has 0 amide bonds. The molecule has 1 rings (SSSR count). The van der Waals surface area contributed by atoms with Gasteiger partial charge in [0.1, 0.15) is 15.9 Å². The lowest BCUT2D eigenvalue weighted by molar-refractivity contribution is 0.231. The summed E-state index contributed by atoms with van der Waals surface area (Å²) in [6.07, 6.45) is 15.5. The second kappa shape index (κ2) is 13.2. The Kier molecular flexibility index (Phi) is 11.7. The van der Waals surface area contributed by atoms with Gasteiger partial charge >= 0.3 is 0 Å². The molecular weight excluding hydrogens is 340 g/mol. The van der Waals surface area contributed by atoms with Crippen LogP contribution in [0.1, 0.15) is 89.7 Å². The quantitative estimate of drug-likeness (QED) is 0.286. The van der Waals surface area contributed by atoms with Gasteiger partial charge < -0.3 is 13.7 Å². The van der Waals surface area contributed by atoms with E-state index in [1.165, 1.54) is 70.3 Å². The summed E-state index contributed by atoms with van der Waals surface area (Å²) in [4.78, 5) is 0. The fourth-order valence-electron chi connectivity index (χ4n) is 2.80. The van der Waals surface area contributed by atoms with E-state index in [1.807, 2.05) is 0 Å². The first-order chi connectivity index (χ1) is 12.0. The molecule has 0 radical (unpaired) electrons. The molecule has 0 bridgehead atoms. The first-order valence-electron chi connectivity index (χ1n) is 9.66. The van der Waals surface area contributed by atoms with Crippen molar-refractivity contribution in [2.24, 2.45) is 0 Å². The van der Waals surface area contributed by atoms with Crippen molar-refractivity contribution in [3.8, 4) is 5.95 Å². The zero-order chi connectivity index (χ0) is 18.4. The lowest BCUT2D eigenvalue weighted by Gasteiger charge is -2.05. The van der Waals surface area contributed by atoms with E-state index in [9.17, 15) is 13.0 Å². The minimum atomic E-state index is -4.31. The number of hydrogen-bond acceptors (Lipinski definition) is 5. The molecule has 0 unspecified atom stereocenters. The zero-order valence-electron chi connectivity index (χ0n) is 15.5. The maximum Gasteiger partial charge on any atom is 0.284 e. The average Bonchev–Trinajstić information content (AvgIpc) is 2.97. The summed E-state index contributed by atoms with van der Waals surface area (Å²) in [7, 11) is -4.31. The highest BCUT2D eigenvalue weighted by atomic mass is 32.2. The molecule has 0 aliphatic carbocycles. The molecule has 1 aromatic heterocycles. The Labute approximate surface area is 152 Å². The highest BCUT2D eigenvalue weighted by molar-refractivity contribution is 7.84. The highest BCUT2D eigenvalue weighted by Crippen LogP contribution is 2.18. The molecule has 25 heavy (non-hydrogen) atoms. The van der Waals surface area contributed by atoms with Crippen LogP contribution in [0, 0.1) is 0 Å². The van der Waals surface area contributed by atoms with Gasteiger partial charge in [-0.3, -0.25) is 0 Å². The summed E-state index contributed by atoms with van der Waals surface area (Å²) in [5, 5.41) is 0. The van der Waals surface area contributed by atoms with Gasteiger partial charge in [0.25, 0.3) is 5.95 Å². The van der Waals surface area contributed by atoms with Crippen molar-refractivity contribution in [1.82, 2.24) is 0 Å². The van der Waals surface area contributed by atoms with Gasteiger partial charge in [0.05, 0.1) is 12.4 Å². The number of hydrogen-bond donors (Lipinski definition) is 0. The molecule has 0 aromatic carbocycles. The fraction of sp³-hybridized carbons (Fsp3) is 0.789. The fourth-order valence-corrected chi connectivity index (χ4v) is 3.31. The first-order valence-corrected chi connectivity index (χ1v) is 11.2. The minimum absolute atomic E-state index is 0.125. The van der Waals surface area contributed by atoms with Crippen LogP contribution < -0.4 is 4.74 Å². The second-order valence-corrected chi connectivity index (χ2v) is 8.06. The van der Waals surface area contributed by atoms with Crippen LogP contribution >= 0.6 is 0 Å². The van der Waals surface area contributed by atoms with Gasteiger partial charge in [-0.25, -0.2) is 8.42 Å². The second-order valence-electron chi connectivity index (χ2n) is 6.66. The molecule has 0 saturated heterocycles. The van der Waals surface area contributed by atoms with Crippen LogP contribution in [0.2, 0.25) is 0 Å². The molecule has 0 N–H and O–H groups in total. The molecule has 0 atom stereocenters. The van der Waals surface area contributed by atoms with Crippen molar-refractivity contribution in [2.45, 2.75) is 89.7 Å². The first kappa shape index (κ1) is 22.0. The third-order valence-electron chi connectivity index (χ3n) is 4.20. The third kappa shape index (κ3) is 12.9. The standard InChI is InChI=1S/C19H34O5S/c1-2-3-4-5-6-7-8-9-10-11-12-13-16-23-19-15-14-18(24-19)17-25(20,21)22/h14-15H,2-13,16-17H2,1H3,(H,20,21,22)/p-1. The summed E-state index contributed by atoms with van der Waals surface area (Å²) in [5.74, 6) is -0.226. The SMILES string of the molecule is CCCCCCCCCCCCCCOc1ccc(CS(=O)(=O)[O-])o1. The van der Waals surface area contributed by atoms with Crippen LogP contribution in [0.15, 0.2) is 16.5 Å². The molecule has 146 valence electrons. The van der Waals surface area contributed by atoms with Crippen LogP contribution in [0.4, 0.5) is 0 Å². The van der Waals surface area contributed by atoms with E-state index in [2.05, 4.69) is 6.92 Å². The van der Waals surface area contributed by atoms with Gasteiger partial charge in [-0.05, 0) is 12.5 Å². The van der Waals surface area contributed by atoms with Gasteiger partial charge in [0.2, 0.25) is 0 Å². The molecule has 0 aliphatic heterocycles. The van der Waals surface area contributed by atoms with E-state index >= 15 is 0 Å². The monoisotopic (exact) mass is 373 g/mol. The number of rotatable bonds is 16. The molecule has 0 fully saturated rings. The Morgan fingerprint density at radius 1 is 0.880 bits per heavy atom. The Balaban J connectivity index is 1.90. The molecule has 0 aliphatic rings. The summed E-state index contributed by atoms with van der Waals surface area (Å²) in [5.41, 5.74) is 0. The lowest BCUT2D eigenvalue weighted by atomic mass is 10.1. The van der Waals surface area contributed by atoms with Crippen molar-refractivity contribution in [2.75, 3.05) is 6.61 Å². The summed E-state index contributed by atoms with van der Waals surface area (Å²) >= 11 is 0. The summed E-state index contributed by atoms with van der Waals surface area (Å²) in [6.45, 7) is 2.80. The topological polar surface area (TPSA) is 79.6 Å². The Morgan fingerprint density at radius 3 is 1.92 bits per heavy atom. The van der Waals surface area contributed by atoms with Crippen molar-refractivity contribution in [3.05, 3.63) is 17.9 Å². The minimum Gasteiger partial charge on any atom is -0.748 e. The normalized spacial score (nSPS) is 11.8. The van der Waals surface area contributed by atoms with E-state index in [4.69, 9.17) is 9.15 Å². The van der Waals surface area contributed by atoms with Crippen molar-refractivity contribution in [3.63, 3.8) is 0 Å². The van der Waals surface area contributed by atoms with Crippen LogP contribution in [0.3, 0.4) is 0 Å². The van der Waals surface area contributed by atoms with E-state index in [0.29, 0.717) is 6.61 Å². The molecule has 1 heterocycles. The van der Waals surface area contributed by atoms with Gasteiger partial charge in [0.15, 0.2) is 0 Å². The Bertz CT molecular complexity index is 536. The third-order valence-corrected chi connectivity index (χ3v) is 4.84. The predicted molar refractivity (Wildman–Crippen MR) is 98.7 cm³/mol. The van der Waals surface area contributed by atoms with Crippen molar-refractivity contribution < 1.29 is 22.1 Å². The Hall–Kier alpha value is -1.01. The smallest absolute Gasteiger partial charge is 0.284 e. The number of ether oxygens (including phenoxy) is 1. The maximum atomic E-state index is 10.6. The van der Waals surface area contributed by atoms with Crippen molar-refractivity contribution >= 4 is 10.1 Å². The molecule has 0 saturated carbocycles. The van der Waals surface area contributed by atoms with Gasteiger partial charge in [0, 0.05) is 6.07 Å². The molecule has 6 heteroatoms. The Morgan fingerprint density at radius 2 is 1.40 bits per heavy atom. The largest absolute Gasteiger partial charge is 0.748 e. The molecular formula is C19H33O5S-. The van der Waals surface area contributed by atoms with Crippen LogP contribution in [0.25, 0.3) is 0 Å². The van der Waals surface area contributed by atoms with Gasteiger partial charge in [-0.2, -0.15) is 0 Å². The molecule has 5 nitrogen and oxygen atoms in total. The summed E-state index contributed by atoms with van der Waals surface area (Å²) in [6, 6.07) is 3.02. The zero-order valence-corrected chi connectivity index (χ0v) is 16.3. The van der Waals surface area contributed by atoms with E-state index in [0.717, 1.165) is 12.8 Å². The maximum absolute atomic E-state index is 10.6. The van der Waals surface area contributed by atoms with E-state index in [-0.39, 0.29) is 11.7 Å². The van der Waals surface area contributed by atoms with Gasteiger partial charge in [-0.15, -0.1) is 0 Å². The predicted octanol–water partition coefficient (Wildman–Crippen LogP) is 5.40. The van der Waals surface area contributed by atoms with E-state index < -0.39 is 15.9 Å². The van der Waals surface area contributed by atoms with Crippen LogP contribution in [-0.2, 0) is 15.9 Å². The van der Waals surface area contributed by atoms with Crippen LogP contribution in [0.5, 0.6) is 5.95 Å². The number of unbranched alkanes of at least 4 members (excludes halogenated alkanes) is 11. The van der Waals surface area contributed by atoms with Gasteiger partial charge in [-0.1, -0.05) is 77.6 Å². The molecule has 0 spiro atoms. The lowest BCUT2D eigenvalue weighted by Crippen LogP contribution is -2.00. The number of furan rings is 1. The highest BCUT2D eigenvalue weighted by Gasteiger charge is 2.06. The van der Waals surface area contributed by atoms with Crippen molar-refractivity contribution in [1.29, 1.82) is 0 Å². The average molecular weight is 374 g/mol. The van der Waals surface area contributed by atoms with Crippen LogP contribution in [-0.4, -0.2) is 19.6 Å². The molecule has 1 aromatic rings. The van der Waals surface area contributed by atoms with E-state index in [1.54, 1.807) is 6.07 Å². The summed E-state index contributed by atoms with van der Waals surface area (Å²) < 4.78 is 42.5.